The van der Waals surface area contributed by atoms with E-state index >= 15 is 0 Å². The SMILES string of the molecule is Nc1sccc1-c1nc(-c2cscn2)no1. The van der Waals surface area contributed by atoms with Gasteiger partial charge >= 0.3 is 0 Å². The Hall–Kier alpha value is -1.73. The minimum Gasteiger partial charge on any atom is -0.390 e. The highest BCUT2D eigenvalue weighted by Crippen LogP contribution is 2.30. The first-order valence-corrected chi connectivity index (χ1v) is 6.22. The maximum Gasteiger partial charge on any atom is 0.261 e. The Balaban J connectivity index is 2.03. The molecule has 0 saturated heterocycles. The van der Waals surface area contributed by atoms with Crippen LogP contribution in [0.5, 0.6) is 0 Å². The van der Waals surface area contributed by atoms with Crippen molar-refractivity contribution >= 4 is 27.7 Å². The highest BCUT2D eigenvalue weighted by Gasteiger charge is 2.14. The molecule has 3 rings (SSSR count). The van der Waals surface area contributed by atoms with Gasteiger partial charge < -0.3 is 10.3 Å². The van der Waals surface area contributed by atoms with Crippen molar-refractivity contribution in [3.63, 3.8) is 0 Å². The highest BCUT2D eigenvalue weighted by atomic mass is 32.1. The summed E-state index contributed by atoms with van der Waals surface area (Å²) in [4.78, 5) is 8.36. The van der Waals surface area contributed by atoms with Crippen LogP contribution in [0.25, 0.3) is 23.0 Å². The molecule has 0 spiro atoms. The molecular weight excluding hydrogens is 244 g/mol. The molecule has 3 aromatic rings. The average Bonchev–Trinajstić information content (AvgIpc) is 2.96. The predicted octanol–water partition coefficient (Wildman–Crippen LogP) is 2.50. The monoisotopic (exact) mass is 250 g/mol. The van der Waals surface area contributed by atoms with Crippen LogP contribution in [-0.4, -0.2) is 15.1 Å². The summed E-state index contributed by atoms with van der Waals surface area (Å²) in [5.41, 5.74) is 9.00. The van der Waals surface area contributed by atoms with Crippen molar-refractivity contribution in [2.24, 2.45) is 0 Å². The molecule has 2 N–H and O–H groups in total. The molecule has 0 aliphatic heterocycles. The lowest BCUT2D eigenvalue weighted by atomic mass is 10.3. The number of thiophene rings is 1. The number of hydrogen-bond donors (Lipinski definition) is 1. The quantitative estimate of drug-likeness (QED) is 0.756. The zero-order valence-electron chi connectivity index (χ0n) is 7.95. The molecule has 0 aliphatic rings. The van der Waals surface area contributed by atoms with Crippen molar-refractivity contribution in [1.29, 1.82) is 0 Å². The smallest absolute Gasteiger partial charge is 0.261 e. The third-order valence-corrected chi connectivity index (χ3v) is 3.35. The number of nitrogen functional groups attached to an aromatic ring is 1. The van der Waals surface area contributed by atoms with E-state index in [2.05, 4.69) is 15.1 Å². The Bertz CT molecular complexity index is 599. The van der Waals surface area contributed by atoms with Crippen LogP contribution in [0, 0.1) is 0 Å². The van der Waals surface area contributed by atoms with Gasteiger partial charge in [-0.05, 0) is 11.4 Å². The molecule has 0 fully saturated rings. The van der Waals surface area contributed by atoms with Gasteiger partial charge in [0.05, 0.1) is 16.1 Å². The van der Waals surface area contributed by atoms with Crippen LogP contribution in [0.3, 0.4) is 0 Å². The lowest BCUT2D eigenvalue weighted by Crippen LogP contribution is -1.84. The Morgan fingerprint density at radius 3 is 3.00 bits per heavy atom. The molecule has 0 bridgehead atoms. The number of anilines is 1. The molecule has 0 radical (unpaired) electrons. The minimum atomic E-state index is 0.432. The van der Waals surface area contributed by atoms with Crippen molar-refractivity contribution in [2.45, 2.75) is 0 Å². The third kappa shape index (κ3) is 1.50. The van der Waals surface area contributed by atoms with Crippen molar-refractivity contribution in [3.8, 4) is 23.0 Å². The molecule has 0 saturated carbocycles. The zero-order valence-corrected chi connectivity index (χ0v) is 9.59. The van der Waals surface area contributed by atoms with Gasteiger partial charge in [0.25, 0.3) is 5.89 Å². The van der Waals surface area contributed by atoms with E-state index in [0.29, 0.717) is 22.4 Å². The van der Waals surface area contributed by atoms with Crippen molar-refractivity contribution < 1.29 is 4.52 Å². The first kappa shape index (κ1) is 9.49. The van der Waals surface area contributed by atoms with Crippen LogP contribution in [0.15, 0.2) is 26.9 Å². The number of hydrogen-bond acceptors (Lipinski definition) is 7. The van der Waals surface area contributed by atoms with E-state index in [1.54, 1.807) is 5.51 Å². The molecule has 16 heavy (non-hydrogen) atoms. The number of nitrogens with two attached hydrogens (primary N) is 1. The lowest BCUT2D eigenvalue weighted by Gasteiger charge is -1.88. The van der Waals surface area contributed by atoms with Gasteiger partial charge in [0, 0.05) is 5.38 Å². The zero-order chi connectivity index (χ0) is 11.0. The topological polar surface area (TPSA) is 77.8 Å². The van der Waals surface area contributed by atoms with Gasteiger partial charge in [-0.3, -0.25) is 0 Å². The maximum absolute atomic E-state index is 5.78. The first-order valence-electron chi connectivity index (χ1n) is 4.40. The summed E-state index contributed by atoms with van der Waals surface area (Å²) in [6.45, 7) is 0. The number of rotatable bonds is 2. The van der Waals surface area contributed by atoms with E-state index in [1.165, 1.54) is 22.7 Å². The van der Waals surface area contributed by atoms with E-state index in [0.717, 1.165) is 5.56 Å². The summed E-state index contributed by atoms with van der Waals surface area (Å²) in [5, 5.41) is 8.29. The van der Waals surface area contributed by atoms with Crippen molar-refractivity contribution in [1.82, 2.24) is 15.1 Å². The summed E-state index contributed by atoms with van der Waals surface area (Å²) >= 11 is 2.93. The van der Waals surface area contributed by atoms with Crippen LogP contribution in [-0.2, 0) is 0 Å². The van der Waals surface area contributed by atoms with E-state index in [9.17, 15) is 0 Å². The van der Waals surface area contributed by atoms with Crippen molar-refractivity contribution in [3.05, 3.63) is 22.3 Å². The number of nitrogens with zero attached hydrogens (tertiary/aromatic N) is 3. The first-order chi connectivity index (χ1) is 7.84. The summed E-state index contributed by atoms with van der Waals surface area (Å²) in [6, 6.07) is 1.86. The second kappa shape index (κ2) is 3.69. The molecule has 5 nitrogen and oxygen atoms in total. The van der Waals surface area contributed by atoms with Gasteiger partial charge in [-0.15, -0.1) is 22.7 Å². The standard InChI is InChI=1S/C9H6N4OS2/c10-7-5(1-2-16-7)9-12-8(13-14-9)6-3-15-4-11-6/h1-4H,10H2. The Kier molecular flexibility index (Phi) is 2.19. The molecule has 0 atom stereocenters. The minimum absolute atomic E-state index is 0.432. The van der Waals surface area contributed by atoms with E-state index < -0.39 is 0 Å². The molecule has 3 aromatic heterocycles. The van der Waals surface area contributed by atoms with E-state index in [-0.39, 0.29) is 0 Å². The Labute approximate surface area is 98.6 Å². The molecule has 0 amide bonds. The van der Waals surface area contributed by atoms with Gasteiger partial charge in [-0.25, -0.2) is 4.98 Å². The van der Waals surface area contributed by atoms with Crippen LogP contribution in [0.2, 0.25) is 0 Å². The van der Waals surface area contributed by atoms with E-state index in [1.807, 2.05) is 16.8 Å². The molecule has 0 aliphatic carbocycles. The normalized spacial score (nSPS) is 10.8. The van der Waals surface area contributed by atoms with Gasteiger partial charge in [0.1, 0.15) is 5.69 Å². The van der Waals surface area contributed by atoms with Gasteiger partial charge in [0.2, 0.25) is 5.82 Å². The fourth-order valence-electron chi connectivity index (χ4n) is 1.26. The van der Waals surface area contributed by atoms with Crippen LogP contribution >= 0.6 is 22.7 Å². The molecule has 7 heteroatoms. The summed E-state index contributed by atoms with van der Waals surface area (Å²) in [6.07, 6.45) is 0. The second-order valence-corrected chi connectivity index (χ2v) is 4.66. The number of thiazole rings is 1. The summed E-state index contributed by atoms with van der Waals surface area (Å²) in [7, 11) is 0. The van der Waals surface area contributed by atoms with Crippen molar-refractivity contribution in [2.75, 3.05) is 5.73 Å². The molecule has 3 heterocycles. The third-order valence-electron chi connectivity index (χ3n) is 2.01. The van der Waals surface area contributed by atoms with E-state index in [4.69, 9.17) is 10.3 Å². The van der Waals surface area contributed by atoms with Gasteiger partial charge in [-0.1, -0.05) is 5.16 Å². The average molecular weight is 250 g/mol. The summed E-state index contributed by atoms with van der Waals surface area (Å²) in [5.74, 6) is 0.920. The fourth-order valence-corrected chi connectivity index (χ4v) is 2.42. The largest absolute Gasteiger partial charge is 0.390 e. The molecular formula is C9H6N4OS2. The fraction of sp³-hybridized carbons (Fsp3) is 0. The van der Waals surface area contributed by atoms with Crippen LogP contribution in [0.4, 0.5) is 5.00 Å². The Morgan fingerprint density at radius 2 is 2.31 bits per heavy atom. The highest BCUT2D eigenvalue weighted by molar-refractivity contribution is 7.14. The summed E-state index contributed by atoms with van der Waals surface area (Å²) < 4.78 is 5.14. The molecule has 80 valence electrons. The second-order valence-electron chi connectivity index (χ2n) is 3.00. The Morgan fingerprint density at radius 1 is 1.38 bits per heavy atom. The molecule has 0 unspecified atom stereocenters. The van der Waals surface area contributed by atoms with Crippen LogP contribution < -0.4 is 5.73 Å². The van der Waals surface area contributed by atoms with Gasteiger partial charge in [-0.2, -0.15) is 4.98 Å². The molecule has 0 aromatic carbocycles. The maximum atomic E-state index is 5.78. The lowest BCUT2D eigenvalue weighted by molar-refractivity contribution is 0.432. The van der Waals surface area contributed by atoms with Gasteiger partial charge in [0.15, 0.2) is 0 Å². The van der Waals surface area contributed by atoms with Crippen LogP contribution in [0.1, 0.15) is 0 Å². The number of aromatic nitrogens is 3. The predicted molar refractivity (Wildman–Crippen MR) is 63.1 cm³/mol.